The van der Waals surface area contributed by atoms with Gasteiger partial charge in [0.15, 0.2) is 10.6 Å². The zero-order valence-corrected chi connectivity index (χ0v) is 9.85. The van der Waals surface area contributed by atoms with Gasteiger partial charge in [0.2, 0.25) is 5.91 Å². The second-order valence-electron chi connectivity index (χ2n) is 3.73. The SMILES string of the molecule is C=CC1(N)OCC(C)(C(=O)C(Cl)Cl)CO1. The molecule has 1 aliphatic heterocycles. The molecule has 0 aromatic carbocycles. The molecule has 2 N–H and O–H groups in total. The molecule has 0 aliphatic carbocycles. The summed E-state index contributed by atoms with van der Waals surface area (Å²) in [6.45, 7) is 5.34. The van der Waals surface area contributed by atoms with Crippen LogP contribution in [0.3, 0.4) is 0 Å². The van der Waals surface area contributed by atoms with Crippen molar-refractivity contribution < 1.29 is 14.3 Å². The zero-order valence-electron chi connectivity index (χ0n) is 8.33. The van der Waals surface area contributed by atoms with Crippen LogP contribution in [0.25, 0.3) is 0 Å². The molecule has 0 radical (unpaired) electrons. The molecule has 1 aliphatic rings. The standard InChI is InChI=1S/C9H13Cl2NO3/c1-3-9(12)14-4-8(2,5-15-9)6(13)7(10)11/h3,7H,1,4-5,12H2,2H3. The summed E-state index contributed by atoms with van der Waals surface area (Å²) in [5.74, 6) is -1.66. The summed E-state index contributed by atoms with van der Waals surface area (Å²) in [4.78, 5) is 10.5. The minimum absolute atomic E-state index is 0.101. The summed E-state index contributed by atoms with van der Waals surface area (Å²) in [7, 11) is 0. The Bertz CT molecular complexity index is 273. The first-order chi connectivity index (χ1) is 6.83. The molecular weight excluding hydrogens is 241 g/mol. The third-order valence-electron chi connectivity index (χ3n) is 2.31. The van der Waals surface area contributed by atoms with Crippen molar-refractivity contribution >= 4 is 29.0 Å². The Labute approximate surface area is 98.3 Å². The van der Waals surface area contributed by atoms with Crippen molar-refractivity contribution in [3.8, 4) is 0 Å². The Hall–Kier alpha value is -0.130. The van der Waals surface area contributed by atoms with E-state index in [4.69, 9.17) is 38.4 Å². The zero-order chi connectivity index (χ0) is 11.7. The molecule has 1 heterocycles. The number of hydrogen-bond donors (Lipinski definition) is 1. The van der Waals surface area contributed by atoms with Gasteiger partial charge in [-0.3, -0.25) is 10.5 Å². The van der Waals surface area contributed by atoms with Crippen LogP contribution >= 0.6 is 23.2 Å². The maximum atomic E-state index is 11.6. The van der Waals surface area contributed by atoms with E-state index in [-0.39, 0.29) is 19.0 Å². The molecule has 0 aromatic rings. The number of hydrogen-bond acceptors (Lipinski definition) is 4. The van der Waals surface area contributed by atoms with Crippen molar-refractivity contribution in [3.63, 3.8) is 0 Å². The maximum Gasteiger partial charge on any atom is 0.245 e. The van der Waals surface area contributed by atoms with Gasteiger partial charge in [0.25, 0.3) is 0 Å². The van der Waals surface area contributed by atoms with Crippen LogP contribution in [0.2, 0.25) is 0 Å². The first-order valence-corrected chi connectivity index (χ1v) is 5.23. The summed E-state index contributed by atoms with van der Waals surface area (Å²) < 4.78 is 10.4. The van der Waals surface area contributed by atoms with Crippen molar-refractivity contribution in [2.45, 2.75) is 17.7 Å². The van der Waals surface area contributed by atoms with Crippen LogP contribution < -0.4 is 5.73 Å². The van der Waals surface area contributed by atoms with E-state index in [1.54, 1.807) is 6.92 Å². The van der Waals surface area contributed by atoms with Gasteiger partial charge in [-0.05, 0) is 13.0 Å². The van der Waals surface area contributed by atoms with Gasteiger partial charge in [-0.25, -0.2) is 0 Å². The summed E-state index contributed by atoms with van der Waals surface area (Å²) in [6.07, 6.45) is 1.33. The summed E-state index contributed by atoms with van der Waals surface area (Å²) in [6, 6.07) is 0. The van der Waals surface area contributed by atoms with Crippen molar-refractivity contribution in [1.29, 1.82) is 0 Å². The van der Waals surface area contributed by atoms with Gasteiger partial charge in [0.05, 0.1) is 18.6 Å². The van der Waals surface area contributed by atoms with Gasteiger partial charge in [0, 0.05) is 0 Å². The molecule has 6 heteroatoms. The number of nitrogens with two attached hydrogens (primary N) is 1. The van der Waals surface area contributed by atoms with Crippen LogP contribution in [-0.4, -0.2) is 29.7 Å². The number of halogens is 2. The molecule has 0 atom stereocenters. The van der Waals surface area contributed by atoms with Crippen molar-refractivity contribution in [2.75, 3.05) is 13.2 Å². The van der Waals surface area contributed by atoms with Crippen LogP contribution in [0.4, 0.5) is 0 Å². The van der Waals surface area contributed by atoms with E-state index >= 15 is 0 Å². The highest BCUT2D eigenvalue weighted by atomic mass is 35.5. The van der Waals surface area contributed by atoms with E-state index in [1.165, 1.54) is 6.08 Å². The van der Waals surface area contributed by atoms with Crippen LogP contribution in [0, 0.1) is 5.41 Å². The minimum atomic E-state index is -1.33. The van der Waals surface area contributed by atoms with Gasteiger partial charge in [-0.15, -0.1) is 0 Å². The van der Waals surface area contributed by atoms with Gasteiger partial charge in [-0.1, -0.05) is 29.8 Å². The molecule has 4 nitrogen and oxygen atoms in total. The predicted molar refractivity (Wildman–Crippen MR) is 57.6 cm³/mol. The van der Waals surface area contributed by atoms with Crippen LogP contribution in [0.5, 0.6) is 0 Å². The Morgan fingerprint density at radius 3 is 2.33 bits per heavy atom. The van der Waals surface area contributed by atoms with Crippen molar-refractivity contribution in [1.82, 2.24) is 0 Å². The normalized spacial score (nSPS) is 36.6. The highest BCUT2D eigenvalue weighted by Gasteiger charge is 2.44. The largest absolute Gasteiger partial charge is 0.333 e. The lowest BCUT2D eigenvalue weighted by atomic mass is 9.87. The van der Waals surface area contributed by atoms with E-state index in [9.17, 15) is 4.79 Å². The molecule has 0 bridgehead atoms. The fraction of sp³-hybridized carbons (Fsp3) is 0.667. The molecular formula is C9H13Cl2NO3. The van der Waals surface area contributed by atoms with E-state index in [2.05, 4.69) is 6.58 Å². The number of carbonyl (C=O) groups excluding carboxylic acids is 1. The lowest BCUT2D eigenvalue weighted by molar-refractivity contribution is -0.266. The highest BCUT2D eigenvalue weighted by molar-refractivity contribution is 6.54. The summed E-state index contributed by atoms with van der Waals surface area (Å²) in [5.41, 5.74) is 4.75. The fourth-order valence-corrected chi connectivity index (χ4v) is 1.68. The molecule has 1 rings (SSSR count). The summed E-state index contributed by atoms with van der Waals surface area (Å²) >= 11 is 11.0. The molecule has 86 valence electrons. The first kappa shape index (κ1) is 12.9. The minimum Gasteiger partial charge on any atom is -0.333 e. The quantitative estimate of drug-likeness (QED) is 0.607. The van der Waals surface area contributed by atoms with E-state index in [0.29, 0.717) is 0 Å². The number of Topliss-reactive ketones (excluding diaryl/α,β-unsaturated/α-hetero) is 1. The lowest BCUT2D eigenvalue weighted by Gasteiger charge is -2.40. The molecule has 0 amide bonds. The Morgan fingerprint density at radius 1 is 1.53 bits per heavy atom. The number of ketones is 1. The summed E-state index contributed by atoms with van der Waals surface area (Å²) in [5, 5.41) is 0. The second kappa shape index (κ2) is 4.39. The topological polar surface area (TPSA) is 61.5 Å². The van der Waals surface area contributed by atoms with Crippen LogP contribution in [0.15, 0.2) is 12.7 Å². The third kappa shape index (κ3) is 2.71. The Balaban J connectivity index is 2.70. The molecule has 15 heavy (non-hydrogen) atoms. The van der Waals surface area contributed by atoms with Gasteiger partial charge in [0.1, 0.15) is 0 Å². The van der Waals surface area contributed by atoms with E-state index < -0.39 is 16.2 Å². The average Bonchev–Trinajstić information content (AvgIpc) is 2.22. The Kier molecular flexibility index (Phi) is 3.79. The van der Waals surface area contributed by atoms with E-state index in [0.717, 1.165) is 0 Å². The van der Waals surface area contributed by atoms with Crippen molar-refractivity contribution in [3.05, 3.63) is 12.7 Å². The number of rotatable bonds is 3. The lowest BCUT2D eigenvalue weighted by Crippen LogP contribution is -2.56. The van der Waals surface area contributed by atoms with Crippen LogP contribution in [-0.2, 0) is 14.3 Å². The Morgan fingerprint density at radius 2 is 2.00 bits per heavy atom. The fourth-order valence-electron chi connectivity index (χ4n) is 1.15. The monoisotopic (exact) mass is 253 g/mol. The molecule has 1 saturated heterocycles. The third-order valence-corrected chi connectivity index (χ3v) is 2.71. The first-order valence-electron chi connectivity index (χ1n) is 4.36. The molecule has 0 aromatic heterocycles. The van der Waals surface area contributed by atoms with Gasteiger partial charge < -0.3 is 9.47 Å². The number of ether oxygens (including phenoxy) is 2. The molecule has 0 unspecified atom stereocenters. The predicted octanol–water partition coefficient (Wildman–Crippen LogP) is 1.21. The molecule has 0 saturated carbocycles. The average molecular weight is 254 g/mol. The number of carbonyl (C=O) groups is 1. The second-order valence-corrected chi connectivity index (χ2v) is 4.82. The highest BCUT2D eigenvalue weighted by Crippen LogP contribution is 2.31. The van der Waals surface area contributed by atoms with E-state index in [1.807, 2.05) is 0 Å². The molecule has 0 spiro atoms. The smallest absolute Gasteiger partial charge is 0.245 e. The van der Waals surface area contributed by atoms with Gasteiger partial charge >= 0.3 is 0 Å². The molecule has 1 fully saturated rings. The number of alkyl halides is 2. The van der Waals surface area contributed by atoms with Crippen molar-refractivity contribution in [2.24, 2.45) is 11.1 Å². The van der Waals surface area contributed by atoms with Gasteiger partial charge in [-0.2, -0.15) is 0 Å². The van der Waals surface area contributed by atoms with Crippen LogP contribution in [0.1, 0.15) is 6.92 Å². The maximum absolute atomic E-state index is 11.6.